The molecule has 0 fully saturated rings. The van der Waals surface area contributed by atoms with Crippen molar-refractivity contribution in [3.05, 3.63) is 46.3 Å². The molecule has 16 heavy (non-hydrogen) atoms. The number of rotatable bonds is 2. The Kier molecular flexibility index (Phi) is 2.69. The molecule has 2 aromatic rings. The van der Waals surface area contributed by atoms with E-state index in [1.807, 2.05) is 6.92 Å². The zero-order valence-electron chi connectivity index (χ0n) is 9.87. The number of hydrogen-bond donors (Lipinski definition) is 1. The van der Waals surface area contributed by atoms with Crippen molar-refractivity contribution in [3.8, 4) is 0 Å². The number of nitrogens with zero attached hydrogens (tertiary/aromatic N) is 1. The number of aryl methyl sites for hydroxylation is 3. The third-order valence-electron chi connectivity index (χ3n) is 2.77. The molecule has 3 heteroatoms. The normalized spacial score (nSPS) is 10.7. The lowest BCUT2D eigenvalue weighted by atomic mass is 10.0. The van der Waals surface area contributed by atoms with Crippen molar-refractivity contribution in [2.75, 3.05) is 5.73 Å². The van der Waals surface area contributed by atoms with Gasteiger partial charge in [-0.2, -0.15) is 4.98 Å². The summed E-state index contributed by atoms with van der Waals surface area (Å²) >= 11 is 0. The number of benzene rings is 1. The van der Waals surface area contributed by atoms with Gasteiger partial charge in [0.1, 0.15) is 5.76 Å². The summed E-state index contributed by atoms with van der Waals surface area (Å²) in [6.07, 6.45) is 0.776. The van der Waals surface area contributed by atoms with Gasteiger partial charge in [-0.3, -0.25) is 0 Å². The average Bonchev–Trinajstić information content (AvgIpc) is 2.50. The lowest BCUT2D eigenvalue weighted by Crippen LogP contribution is -1.95. The predicted molar refractivity (Wildman–Crippen MR) is 64.4 cm³/mol. The fourth-order valence-corrected chi connectivity index (χ4v) is 1.84. The number of oxazole rings is 1. The molecule has 3 nitrogen and oxygen atoms in total. The first-order valence-electron chi connectivity index (χ1n) is 5.34. The minimum Gasteiger partial charge on any atom is -0.429 e. The van der Waals surface area contributed by atoms with Crippen LogP contribution in [0.1, 0.15) is 28.1 Å². The second-order valence-corrected chi connectivity index (χ2v) is 4.16. The Morgan fingerprint density at radius 3 is 2.56 bits per heavy atom. The van der Waals surface area contributed by atoms with Crippen molar-refractivity contribution in [2.45, 2.75) is 27.2 Å². The Balaban J connectivity index is 2.30. The van der Waals surface area contributed by atoms with Gasteiger partial charge in [0.15, 0.2) is 0 Å². The SMILES string of the molecule is Cc1ccc(Cc2nc(N)oc2C)c(C)c1. The van der Waals surface area contributed by atoms with Gasteiger partial charge in [-0.25, -0.2) is 0 Å². The highest BCUT2D eigenvalue weighted by molar-refractivity contribution is 5.34. The van der Waals surface area contributed by atoms with Crippen LogP contribution >= 0.6 is 0 Å². The highest BCUT2D eigenvalue weighted by atomic mass is 16.4. The topological polar surface area (TPSA) is 52.0 Å². The highest BCUT2D eigenvalue weighted by Gasteiger charge is 2.09. The molecular weight excluding hydrogens is 200 g/mol. The lowest BCUT2D eigenvalue weighted by Gasteiger charge is -2.05. The van der Waals surface area contributed by atoms with Crippen LogP contribution in [-0.4, -0.2) is 4.98 Å². The minimum atomic E-state index is 0.247. The first kappa shape index (κ1) is 10.7. The number of hydrogen-bond acceptors (Lipinski definition) is 3. The number of nitrogen functional groups attached to an aromatic ring is 1. The summed E-state index contributed by atoms with van der Waals surface area (Å²) in [5.74, 6) is 0.803. The van der Waals surface area contributed by atoms with Gasteiger partial charge < -0.3 is 10.2 Å². The summed E-state index contributed by atoms with van der Waals surface area (Å²) in [4.78, 5) is 4.18. The number of anilines is 1. The van der Waals surface area contributed by atoms with E-state index in [1.165, 1.54) is 16.7 Å². The molecule has 0 radical (unpaired) electrons. The maximum absolute atomic E-state index is 5.52. The molecule has 1 aromatic heterocycles. The maximum atomic E-state index is 5.52. The molecule has 1 heterocycles. The fourth-order valence-electron chi connectivity index (χ4n) is 1.84. The molecule has 0 atom stereocenters. The molecule has 0 amide bonds. The van der Waals surface area contributed by atoms with Crippen LogP contribution in [-0.2, 0) is 6.42 Å². The molecule has 0 aliphatic heterocycles. The molecule has 1 aromatic carbocycles. The monoisotopic (exact) mass is 216 g/mol. The van der Waals surface area contributed by atoms with Crippen molar-refractivity contribution in [3.63, 3.8) is 0 Å². The van der Waals surface area contributed by atoms with Crippen LogP contribution in [0.15, 0.2) is 22.6 Å². The Morgan fingerprint density at radius 1 is 1.25 bits per heavy atom. The summed E-state index contributed by atoms with van der Waals surface area (Å²) in [6.45, 7) is 6.10. The maximum Gasteiger partial charge on any atom is 0.292 e. The molecule has 84 valence electrons. The van der Waals surface area contributed by atoms with E-state index < -0.39 is 0 Å². The van der Waals surface area contributed by atoms with Crippen LogP contribution < -0.4 is 5.73 Å². The number of nitrogens with two attached hydrogens (primary N) is 1. The molecule has 0 aliphatic rings. The molecule has 0 saturated carbocycles. The summed E-state index contributed by atoms with van der Waals surface area (Å²) < 4.78 is 5.22. The first-order valence-corrected chi connectivity index (χ1v) is 5.34. The molecule has 2 rings (SSSR count). The second kappa shape index (κ2) is 4.00. The molecule has 0 bridgehead atoms. The molecule has 0 spiro atoms. The Hall–Kier alpha value is -1.77. The molecular formula is C13H16N2O. The third-order valence-corrected chi connectivity index (χ3v) is 2.77. The second-order valence-electron chi connectivity index (χ2n) is 4.16. The molecule has 0 unspecified atom stereocenters. The summed E-state index contributed by atoms with van der Waals surface area (Å²) in [7, 11) is 0. The first-order chi connectivity index (χ1) is 7.56. The van der Waals surface area contributed by atoms with Gasteiger partial charge in [-0.05, 0) is 31.9 Å². The van der Waals surface area contributed by atoms with Gasteiger partial charge in [0.2, 0.25) is 0 Å². The fraction of sp³-hybridized carbons (Fsp3) is 0.308. The van der Waals surface area contributed by atoms with Gasteiger partial charge in [0.25, 0.3) is 6.01 Å². The van der Waals surface area contributed by atoms with E-state index in [0.29, 0.717) is 0 Å². The minimum absolute atomic E-state index is 0.247. The van der Waals surface area contributed by atoms with Gasteiger partial charge in [-0.1, -0.05) is 23.8 Å². The van der Waals surface area contributed by atoms with Crippen LogP contribution in [0.2, 0.25) is 0 Å². The Bertz CT molecular complexity index is 515. The molecule has 0 aliphatic carbocycles. The van der Waals surface area contributed by atoms with Gasteiger partial charge in [0.05, 0.1) is 5.69 Å². The van der Waals surface area contributed by atoms with Crippen molar-refractivity contribution >= 4 is 6.01 Å². The lowest BCUT2D eigenvalue weighted by molar-refractivity contribution is 0.545. The van der Waals surface area contributed by atoms with Crippen LogP contribution in [0.3, 0.4) is 0 Å². The van der Waals surface area contributed by atoms with Crippen molar-refractivity contribution in [2.24, 2.45) is 0 Å². The summed E-state index contributed by atoms with van der Waals surface area (Å²) in [6, 6.07) is 6.67. The third kappa shape index (κ3) is 2.08. The van der Waals surface area contributed by atoms with E-state index in [2.05, 4.69) is 37.0 Å². The average molecular weight is 216 g/mol. The Morgan fingerprint density at radius 2 is 2.00 bits per heavy atom. The summed E-state index contributed by atoms with van der Waals surface area (Å²) in [5, 5.41) is 0. The van der Waals surface area contributed by atoms with Crippen molar-refractivity contribution in [1.29, 1.82) is 0 Å². The quantitative estimate of drug-likeness (QED) is 0.839. The van der Waals surface area contributed by atoms with E-state index in [4.69, 9.17) is 10.2 Å². The summed E-state index contributed by atoms with van der Waals surface area (Å²) in [5.41, 5.74) is 10.3. The zero-order valence-corrected chi connectivity index (χ0v) is 9.87. The van der Waals surface area contributed by atoms with Crippen LogP contribution in [0, 0.1) is 20.8 Å². The van der Waals surface area contributed by atoms with Crippen molar-refractivity contribution < 1.29 is 4.42 Å². The smallest absolute Gasteiger partial charge is 0.292 e. The van der Waals surface area contributed by atoms with Gasteiger partial charge in [-0.15, -0.1) is 0 Å². The van der Waals surface area contributed by atoms with E-state index in [-0.39, 0.29) is 6.01 Å². The molecule has 2 N–H and O–H groups in total. The van der Waals surface area contributed by atoms with Crippen molar-refractivity contribution in [1.82, 2.24) is 4.98 Å². The van der Waals surface area contributed by atoms with E-state index in [1.54, 1.807) is 0 Å². The number of aromatic nitrogens is 1. The molecule has 0 saturated heterocycles. The van der Waals surface area contributed by atoms with Gasteiger partial charge >= 0.3 is 0 Å². The zero-order chi connectivity index (χ0) is 11.7. The van der Waals surface area contributed by atoms with Gasteiger partial charge in [0, 0.05) is 6.42 Å². The largest absolute Gasteiger partial charge is 0.429 e. The Labute approximate surface area is 95.3 Å². The highest BCUT2D eigenvalue weighted by Crippen LogP contribution is 2.18. The van der Waals surface area contributed by atoms with Crippen LogP contribution in [0.25, 0.3) is 0 Å². The van der Waals surface area contributed by atoms with Crippen LogP contribution in [0.4, 0.5) is 6.01 Å². The van der Waals surface area contributed by atoms with E-state index in [9.17, 15) is 0 Å². The van der Waals surface area contributed by atoms with E-state index in [0.717, 1.165) is 17.9 Å². The standard InChI is InChI=1S/C13H16N2O/c1-8-4-5-11(9(2)6-8)7-12-10(3)16-13(14)15-12/h4-6H,7H2,1-3H3,(H2,14,15). The van der Waals surface area contributed by atoms with E-state index >= 15 is 0 Å². The van der Waals surface area contributed by atoms with Crippen LogP contribution in [0.5, 0.6) is 0 Å². The predicted octanol–water partition coefficient (Wildman–Crippen LogP) is 2.77.